The van der Waals surface area contributed by atoms with Crippen molar-refractivity contribution in [2.45, 2.75) is 19.4 Å². The van der Waals surface area contributed by atoms with Crippen molar-refractivity contribution in [2.75, 3.05) is 44.1 Å². The molecular formula is C23H27N5O3S. The third-order valence-electron chi connectivity index (χ3n) is 5.46. The predicted molar refractivity (Wildman–Crippen MR) is 126 cm³/mol. The fourth-order valence-corrected chi connectivity index (χ4v) is 4.50. The Bertz CT molecular complexity index is 1070. The molecule has 4 rings (SSSR count). The molecule has 0 spiro atoms. The molecule has 1 aliphatic rings. The summed E-state index contributed by atoms with van der Waals surface area (Å²) in [4.78, 5) is 21.6. The van der Waals surface area contributed by atoms with Crippen LogP contribution in [0.2, 0.25) is 0 Å². The van der Waals surface area contributed by atoms with Gasteiger partial charge in [-0.05, 0) is 36.8 Å². The van der Waals surface area contributed by atoms with E-state index in [1.807, 2.05) is 60.4 Å². The van der Waals surface area contributed by atoms with Crippen LogP contribution in [-0.4, -0.2) is 60.2 Å². The lowest BCUT2D eigenvalue weighted by molar-refractivity contribution is 0.184. The third-order valence-corrected chi connectivity index (χ3v) is 6.28. The van der Waals surface area contributed by atoms with Crippen LogP contribution in [-0.2, 0) is 6.42 Å². The molecular weight excluding hydrogens is 426 g/mol. The number of methoxy groups -OCH3 is 2. The van der Waals surface area contributed by atoms with Crippen LogP contribution in [0.1, 0.15) is 18.3 Å². The second kappa shape index (κ2) is 9.86. The molecule has 32 heavy (non-hydrogen) atoms. The standard InChI is InChI=1S/C23H27N5O3S/c1-16-15-27(11-12-28(16)22(29)24-19-9-4-5-10-20(19)31-3)23-25-21(26-32-23)14-17-7-6-8-18(13-17)30-2/h4-10,13,16H,11-12,14-15H2,1-3H3,(H,24,29). The van der Waals surface area contributed by atoms with Crippen LogP contribution in [0.5, 0.6) is 11.5 Å². The summed E-state index contributed by atoms with van der Waals surface area (Å²) in [5, 5.41) is 3.85. The number of carbonyl (C=O) groups is 1. The van der Waals surface area contributed by atoms with E-state index < -0.39 is 0 Å². The Morgan fingerprint density at radius 1 is 1.16 bits per heavy atom. The van der Waals surface area contributed by atoms with Crippen molar-refractivity contribution >= 4 is 28.4 Å². The molecule has 0 aliphatic carbocycles. The van der Waals surface area contributed by atoms with Crippen LogP contribution in [0, 0.1) is 0 Å². The van der Waals surface area contributed by atoms with Crippen molar-refractivity contribution in [1.82, 2.24) is 14.3 Å². The number of hydrogen-bond donors (Lipinski definition) is 1. The number of nitrogens with one attached hydrogen (secondary N) is 1. The number of urea groups is 1. The zero-order valence-corrected chi connectivity index (χ0v) is 19.3. The SMILES string of the molecule is COc1cccc(Cc2nsc(N3CCN(C(=O)Nc4ccccc4OC)C(C)C3)n2)c1. The highest BCUT2D eigenvalue weighted by Crippen LogP contribution is 2.26. The van der Waals surface area contributed by atoms with Gasteiger partial charge in [0.05, 0.1) is 19.9 Å². The van der Waals surface area contributed by atoms with Gasteiger partial charge in [-0.25, -0.2) is 9.78 Å². The minimum Gasteiger partial charge on any atom is -0.497 e. The minimum absolute atomic E-state index is 0.0317. The molecule has 9 heteroatoms. The molecule has 2 heterocycles. The first-order valence-corrected chi connectivity index (χ1v) is 11.3. The van der Waals surface area contributed by atoms with Gasteiger partial charge in [0.25, 0.3) is 0 Å². The molecule has 8 nitrogen and oxygen atoms in total. The Morgan fingerprint density at radius 3 is 2.78 bits per heavy atom. The maximum absolute atomic E-state index is 12.9. The van der Waals surface area contributed by atoms with Crippen LogP contribution >= 0.6 is 11.5 Å². The summed E-state index contributed by atoms with van der Waals surface area (Å²) in [6.45, 7) is 4.06. The van der Waals surface area contributed by atoms with Crippen LogP contribution in [0.3, 0.4) is 0 Å². The normalized spacial score (nSPS) is 16.0. The highest BCUT2D eigenvalue weighted by atomic mass is 32.1. The fourth-order valence-electron chi connectivity index (χ4n) is 3.78. The van der Waals surface area contributed by atoms with Gasteiger partial charge in [-0.3, -0.25) is 0 Å². The Morgan fingerprint density at radius 2 is 2.00 bits per heavy atom. The van der Waals surface area contributed by atoms with E-state index >= 15 is 0 Å². The van der Waals surface area contributed by atoms with E-state index in [1.54, 1.807) is 14.2 Å². The second-order valence-electron chi connectivity index (χ2n) is 7.64. The molecule has 168 valence electrons. The largest absolute Gasteiger partial charge is 0.497 e. The molecule has 2 amide bonds. The predicted octanol–water partition coefficient (Wildman–Crippen LogP) is 3.89. The molecule has 0 bridgehead atoms. The van der Waals surface area contributed by atoms with Crippen LogP contribution in [0.15, 0.2) is 48.5 Å². The van der Waals surface area contributed by atoms with Crippen molar-refractivity contribution < 1.29 is 14.3 Å². The molecule has 1 N–H and O–H groups in total. The lowest BCUT2D eigenvalue weighted by Gasteiger charge is -2.39. The molecule has 2 aromatic carbocycles. The van der Waals surface area contributed by atoms with E-state index in [0.717, 1.165) is 22.3 Å². The Hall–Kier alpha value is -3.33. The number of amides is 2. The topological polar surface area (TPSA) is 79.8 Å². The van der Waals surface area contributed by atoms with Gasteiger partial charge in [0, 0.05) is 43.6 Å². The number of anilines is 2. The maximum atomic E-state index is 12.9. The zero-order valence-electron chi connectivity index (χ0n) is 18.4. The van der Waals surface area contributed by atoms with Gasteiger partial charge in [0.1, 0.15) is 17.3 Å². The Labute approximate surface area is 192 Å². The molecule has 1 aliphatic heterocycles. The number of piperazine rings is 1. The zero-order chi connectivity index (χ0) is 22.5. The molecule has 1 saturated heterocycles. The number of hydrogen-bond acceptors (Lipinski definition) is 7. The number of nitrogens with zero attached hydrogens (tertiary/aromatic N) is 4. The van der Waals surface area contributed by atoms with Gasteiger partial charge in [0.2, 0.25) is 5.13 Å². The number of carbonyl (C=O) groups excluding carboxylic acids is 1. The van der Waals surface area contributed by atoms with Crippen LogP contribution < -0.4 is 19.7 Å². The van der Waals surface area contributed by atoms with Gasteiger partial charge >= 0.3 is 6.03 Å². The highest BCUT2D eigenvalue weighted by Gasteiger charge is 2.29. The number of rotatable bonds is 6. The Balaban J connectivity index is 1.36. The molecule has 1 fully saturated rings. The summed E-state index contributed by atoms with van der Waals surface area (Å²) < 4.78 is 15.2. The number of benzene rings is 2. The van der Waals surface area contributed by atoms with Gasteiger partial charge < -0.3 is 24.6 Å². The van der Waals surface area contributed by atoms with E-state index in [1.165, 1.54) is 11.5 Å². The van der Waals surface area contributed by atoms with E-state index in [4.69, 9.17) is 14.5 Å². The number of ether oxygens (including phenoxy) is 2. The van der Waals surface area contributed by atoms with E-state index in [9.17, 15) is 4.79 Å². The molecule has 1 unspecified atom stereocenters. The van der Waals surface area contributed by atoms with Crippen LogP contribution in [0.4, 0.5) is 15.6 Å². The monoisotopic (exact) mass is 453 g/mol. The first-order valence-electron chi connectivity index (χ1n) is 10.5. The van der Waals surface area contributed by atoms with Gasteiger partial charge in [0.15, 0.2) is 0 Å². The maximum Gasteiger partial charge on any atom is 0.322 e. The van der Waals surface area contributed by atoms with Gasteiger partial charge in [-0.2, -0.15) is 4.37 Å². The van der Waals surface area contributed by atoms with Crippen molar-refractivity contribution in [2.24, 2.45) is 0 Å². The molecule has 1 atom stereocenters. The minimum atomic E-state index is -0.127. The lowest BCUT2D eigenvalue weighted by Crippen LogP contribution is -2.55. The summed E-state index contributed by atoms with van der Waals surface area (Å²) in [6, 6.07) is 15.3. The van der Waals surface area contributed by atoms with Crippen molar-refractivity contribution in [3.63, 3.8) is 0 Å². The van der Waals surface area contributed by atoms with E-state index in [0.29, 0.717) is 37.5 Å². The fraction of sp³-hybridized carbons (Fsp3) is 0.348. The summed E-state index contributed by atoms with van der Waals surface area (Å²) in [5.41, 5.74) is 1.78. The number of aromatic nitrogens is 2. The third kappa shape index (κ3) is 4.94. The van der Waals surface area contributed by atoms with Gasteiger partial charge in [-0.15, -0.1) is 0 Å². The van der Waals surface area contributed by atoms with E-state index in [-0.39, 0.29) is 12.1 Å². The summed E-state index contributed by atoms with van der Waals surface area (Å²) >= 11 is 1.40. The Kier molecular flexibility index (Phi) is 6.75. The highest BCUT2D eigenvalue weighted by molar-refractivity contribution is 7.09. The van der Waals surface area contributed by atoms with Gasteiger partial charge in [-0.1, -0.05) is 24.3 Å². The molecule has 1 aromatic heterocycles. The number of para-hydroxylation sites is 2. The molecule has 0 radical (unpaired) electrons. The lowest BCUT2D eigenvalue weighted by atomic mass is 10.1. The van der Waals surface area contributed by atoms with Crippen molar-refractivity contribution in [3.8, 4) is 11.5 Å². The first kappa shape index (κ1) is 21.9. The quantitative estimate of drug-likeness (QED) is 0.610. The smallest absolute Gasteiger partial charge is 0.322 e. The molecule has 0 saturated carbocycles. The summed E-state index contributed by atoms with van der Waals surface area (Å²) in [6.07, 6.45) is 0.657. The average Bonchev–Trinajstić information content (AvgIpc) is 3.27. The molecule has 3 aromatic rings. The van der Waals surface area contributed by atoms with Crippen molar-refractivity contribution in [1.29, 1.82) is 0 Å². The first-order chi connectivity index (χ1) is 15.6. The summed E-state index contributed by atoms with van der Waals surface area (Å²) in [7, 11) is 3.26. The second-order valence-corrected chi connectivity index (χ2v) is 8.37. The van der Waals surface area contributed by atoms with Crippen LogP contribution in [0.25, 0.3) is 0 Å². The van der Waals surface area contributed by atoms with E-state index in [2.05, 4.69) is 14.6 Å². The van der Waals surface area contributed by atoms with Crippen molar-refractivity contribution in [3.05, 3.63) is 59.9 Å². The summed E-state index contributed by atoms with van der Waals surface area (Å²) in [5.74, 6) is 2.26. The average molecular weight is 454 g/mol.